The maximum Gasteiger partial charge on any atom is 0.243 e. The van der Waals surface area contributed by atoms with E-state index in [0.717, 1.165) is 0 Å². The van der Waals surface area contributed by atoms with Crippen LogP contribution in [0.2, 0.25) is 0 Å². The van der Waals surface area contributed by atoms with Crippen LogP contribution in [0.1, 0.15) is 19.8 Å². The van der Waals surface area contributed by atoms with E-state index in [1.54, 1.807) is 12.1 Å². The van der Waals surface area contributed by atoms with Crippen LogP contribution in [0, 0.1) is 0 Å². The molecule has 1 amide bonds. The lowest BCUT2D eigenvalue weighted by atomic mass is 10.1. The number of carbonyl (C=O) groups is 1. The summed E-state index contributed by atoms with van der Waals surface area (Å²) in [6.45, 7) is 1.84. The van der Waals surface area contributed by atoms with Crippen LogP contribution in [0.25, 0.3) is 0 Å². The third-order valence-electron chi connectivity index (χ3n) is 3.91. The molecule has 23 heavy (non-hydrogen) atoms. The van der Waals surface area contributed by atoms with Crippen LogP contribution in [0.5, 0.6) is 5.75 Å². The minimum Gasteiger partial charge on any atom is -0.497 e. The average Bonchev–Trinajstić information content (AvgIpc) is 2.70. The Morgan fingerprint density at radius 3 is 2.43 bits per heavy atom. The molecule has 0 saturated carbocycles. The highest BCUT2D eigenvalue weighted by Crippen LogP contribution is 2.22. The van der Waals surface area contributed by atoms with Crippen molar-refractivity contribution in [3.63, 3.8) is 0 Å². The van der Waals surface area contributed by atoms with Crippen molar-refractivity contribution in [1.29, 1.82) is 0 Å². The molecule has 1 fully saturated rings. The molecule has 1 aliphatic heterocycles. The molecule has 1 aromatic rings. The van der Waals surface area contributed by atoms with Crippen molar-refractivity contribution in [2.45, 2.75) is 36.8 Å². The molecule has 1 aliphatic rings. The normalized spacial score (nSPS) is 23.1. The number of ether oxygens (including phenoxy) is 1. The molecular weight excluding hydrogens is 320 g/mol. The van der Waals surface area contributed by atoms with Crippen LogP contribution < -0.4 is 10.1 Å². The lowest BCUT2D eigenvalue weighted by Crippen LogP contribution is -2.42. The zero-order chi connectivity index (χ0) is 17.0. The highest BCUT2D eigenvalue weighted by atomic mass is 32.2. The number of sulfonamides is 1. The first-order valence-electron chi connectivity index (χ1n) is 7.44. The number of benzene rings is 1. The number of nitrogens with zero attached hydrogens (tertiary/aromatic N) is 1. The van der Waals surface area contributed by atoms with Crippen LogP contribution >= 0.6 is 0 Å². The average molecular weight is 342 g/mol. The van der Waals surface area contributed by atoms with Crippen molar-refractivity contribution in [3.8, 4) is 5.75 Å². The Hall–Kier alpha value is -1.64. The topological polar surface area (TPSA) is 95.9 Å². The van der Waals surface area contributed by atoms with E-state index in [1.165, 1.54) is 30.5 Å². The molecule has 0 aromatic heterocycles. The molecular formula is C15H22N2O5S. The van der Waals surface area contributed by atoms with Gasteiger partial charge in [-0.1, -0.05) is 0 Å². The van der Waals surface area contributed by atoms with Gasteiger partial charge in [-0.25, -0.2) is 8.42 Å². The quantitative estimate of drug-likeness (QED) is 0.823. The SMILES string of the molecule is COc1ccc(S(=O)(=O)N2CC[C@H](NC(C)=O)[C@@H](O)CC2)cc1. The highest BCUT2D eigenvalue weighted by Gasteiger charge is 2.31. The predicted octanol–water partition coefficient (Wildman–Crippen LogP) is 0.345. The Labute approximate surface area is 136 Å². The summed E-state index contributed by atoms with van der Waals surface area (Å²) >= 11 is 0. The van der Waals surface area contributed by atoms with E-state index in [1.807, 2.05) is 0 Å². The van der Waals surface area contributed by atoms with Gasteiger partial charge in [-0.15, -0.1) is 0 Å². The first-order valence-corrected chi connectivity index (χ1v) is 8.88. The Bertz CT molecular complexity index is 644. The second kappa shape index (κ2) is 7.29. The largest absolute Gasteiger partial charge is 0.497 e. The number of hydrogen-bond acceptors (Lipinski definition) is 5. The molecule has 1 aromatic carbocycles. The number of rotatable bonds is 4. The number of nitrogens with one attached hydrogen (secondary N) is 1. The summed E-state index contributed by atoms with van der Waals surface area (Å²) in [5.74, 6) is 0.349. The fraction of sp³-hybridized carbons (Fsp3) is 0.533. The van der Waals surface area contributed by atoms with E-state index in [9.17, 15) is 18.3 Å². The van der Waals surface area contributed by atoms with Crippen LogP contribution in [0.4, 0.5) is 0 Å². The third-order valence-corrected chi connectivity index (χ3v) is 5.83. The van der Waals surface area contributed by atoms with Gasteiger partial charge in [0.15, 0.2) is 0 Å². The number of aliphatic hydroxyl groups is 1. The molecule has 1 saturated heterocycles. The summed E-state index contributed by atoms with van der Waals surface area (Å²) in [5, 5.41) is 12.7. The Morgan fingerprint density at radius 2 is 1.87 bits per heavy atom. The molecule has 2 atom stereocenters. The van der Waals surface area contributed by atoms with E-state index in [2.05, 4.69) is 5.32 Å². The lowest BCUT2D eigenvalue weighted by molar-refractivity contribution is -0.120. The van der Waals surface area contributed by atoms with E-state index in [-0.39, 0.29) is 30.3 Å². The van der Waals surface area contributed by atoms with Gasteiger partial charge in [0, 0.05) is 20.0 Å². The number of aliphatic hydroxyl groups excluding tert-OH is 1. The highest BCUT2D eigenvalue weighted by molar-refractivity contribution is 7.89. The van der Waals surface area contributed by atoms with Crippen molar-refractivity contribution in [3.05, 3.63) is 24.3 Å². The number of methoxy groups -OCH3 is 1. The number of carbonyl (C=O) groups excluding carboxylic acids is 1. The standard InChI is InChI=1S/C15H22N2O5S/c1-11(18)16-14-7-9-17(10-8-15(14)19)23(20,21)13-5-3-12(22-2)4-6-13/h3-6,14-15,19H,7-10H2,1-2H3,(H,16,18)/t14-,15-/m0/s1. The van der Waals surface area contributed by atoms with Gasteiger partial charge in [0.05, 0.1) is 24.2 Å². The first-order chi connectivity index (χ1) is 10.8. The lowest BCUT2D eigenvalue weighted by Gasteiger charge is -2.20. The van der Waals surface area contributed by atoms with Gasteiger partial charge in [-0.3, -0.25) is 4.79 Å². The molecule has 0 aliphatic carbocycles. The predicted molar refractivity (Wildman–Crippen MR) is 84.6 cm³/mol. The van der Waals surface area contributed by atoms with Gasteiger partial charge < -0.3 is 15.2 Å². The summed E-state index contributed by atoms with van der Waals surface area (Å²) in [4.78, 5) is 11.4. The fourth-order valence-electron chi connectivity index (χ4n) is 2.63. The second-order valence-electron chi connectivity index (χ2n) is 5.53. The van der Waals surface area contributed by atoms with Crippen molar-refractivity contribution in [1.82, 2.24) is 9.62 Å². The summed E-state index contributed by atoms with van der Waals surface area (Å²) in [7, 11) is -2.12. The number of amides is 1. The minimum absolute atomic E-state index is 0.186. The molecule has 2 N–H and O–H groups in total. The molecule has 0 spiro atoms. The fourth-order valence-corrected chi connectivity index (χ4v) is 4.10. The van der Waals surface area contributed by atoms with Gasteiger partial charge in [-0.05, 0) is 37.1 Å². The van der Waals surface area contributed by atoms with Crippen LogP contribution in [-0.2, 0) is 14.8 Å². The van der Waals surface area contributed by atoms with Gasteiger partial charge in [-0.2, -0.15) is 4.31 Å². The van der Waals surface area contributed by atoms with Gasteiger partial charge in [0.2, 0.25) is 15.9 Å². The second-order valence-corrected chi connectivity index (χ2v) is 7.47. The Kier molecular flexibility index (Phi) is 5.61. The minimum atomic E-state index is -3.63. The van der Waals surface area contributed by atoms with E-state index >= 15 is 0 Å². The smallest absolute Gasteiger partial charge is 0.243 e. The van der Waals surface area contributed by atoms with Crippen LogP contribution in [-0.4, -0.2) is 56.1 Å². The monoisotopic (exact) mass is 342 g/mol. The van der Waals surface area contributed by atoms with Gasteiger partial charge in [0.1, 0.15) is 5.75 Å². The van der Waals surface area contributed by atoms with Crippen molar-refractivity contribution >= 4 is 15.9 Å². The summed E-state index contributed by atoms with van der Waals surface area (Å²) in [5.41, 5.74) is 0. The molecule has 7 nitrogen and oxygen atoms in total. The van der Waals surface area contributed by atoms with Crippen molar-refractivity contribution in [2.24, 2.45) is 0 Å². The molecule has 8 heteroatoms. The zero-order valence-electron chi connectivity index (χ0n) is 13.2. The first kappa shape index (κ1) is 17.7. The molecule has 128 valence electrons. The molecule has 1 heterocycles. The van der Waals surface area contributed by atoms with Gasteiger partial charge in [0.25, 0.3) is 0 Å². The van der Waals surface area contributed by atoms with Crippen molar-refractivity contribution in [2.75, 3.05) is 20.2 Å². The third kappa shape index (κ3) is 4.21. The van der Waals surface area contributed by atoms with E-state index < -0.39 is 22.2 Å². The molecule has 0 bridgehead atoms. The summed E-state index contributed by atoms with van der Waals surface area (Å²) in [6.07, 6.45) is -0.105. The van der Waals surface area contributed by atoms with Crippen molar-refractivity contribution < 1.29 is 23.1 Å². The number of hydrogen-bond donors (Lipinski definition) is 2. The Morgan fingerprint density at radius 1 is 1.26 bits per heavy atom. The van der Waals surface area contributed by atoms with E-state index in [4.69, 9.17) is 4.74 Å². The van der Waals surface area contributed by atoms with Crippen LogP contribution in [0.15, 0.2) is 29.2 Å². The summed E-state index contributed by atoms with van der Waals surface area (Å²) < 4.78 is 31.8. The van der Waals surface area contributed by atoms with Gasteiger partial charge >= 0.3 is 0 Å². The maximum absolute atomic E-state index is 12.7. The molecule has 0 radical (unpaired) electrons. The van der Waals surface area contributed by atoms with Crippen LogP contribution in [0.3, 0.4) is 0 Å². The summed E-state index contributed by atoms with van der Waals surface area (Å²) in [6, 6.07) is 5.77. The maximum atomic E-state index is 12.7. The Balaban J connectivity index is 2.15. The van der Waals surface area contributed by atoms with E-state index in [0.29, 0.717) is 12.2 Å². The molecule has 0 unspecified atom stereocenters. The molecule has 2 rings (SSSR count). The zero-order valence-corrected chi connectivity index (χ0v) is 14.0.